The van der Waals surface area contributed by atoms with Crippen molar-refractivity contribution in [3.05, 3.63) is 58.6 Å². The Balaban J connectivity index is 0.00000256. The minimum absolute atomic E-state index is 0. The summed E-state index contributed by atoms with van der Waals surface area (Å²) in [5.41, 5.74) is 3.40. The van der Waals surface area contributed by atoms with Crippen LogP contribution in [0.4, 0.5) is 5.69 Å². The van der Waals surface area contributed by atoms with E-state index in [-0.39, 0.29) is 18.3 Å². The summed E-state index contributed by atoms with van der Waals surface area (Å²) < 4.78 is 7.08. The number of hydrogen-bond donors (Lipinski definition) is 1. The molecular formula is C24H30Cl2N2O2. The van der Waals surface area contributed by atoms with E-state index in [0.29, 0.717) is 29.7 Å². The molecule has 0 aromatic heterocycles. The van der Waals surface area contributed by atoms with Gasteiger partial charge in [0.15, 0.2) is 0 Å². The molecule has 30 heavy (non-hydrogen) atoms. The summed E-state index contributed by atoms with van der Waals surface area (Å²) in [7, 11) is 2.36. The van der Waals surface area contributed by atoms with E-state index >= 15 is 0 Å². The Bertz CT molecular complexity index is 865. The van der Waals surface area contributed by atoms with Crippen LogP contribution in [0.5, 0.6) is 5.75 Å². The molecule has 0 unspecified atom stereocenters. The molecule has 2 aliphatic heterocycles. The van der Waals surface area contributed by atoms with Gasteiger partial charge in [0.1, 0.15) is 5.75 Å². The van der Waals surface area contributed by atoms with Crippen LogP contribution in [0.2, 0.25) is 5.02 Å². The number of amides is 1. The molecule has 6 heteroatoms. The molecule has 0 bridgehead atoms. The first-order valence-corrected chi connectivity index (χ1v) is 11.0. The number of halogens is 2. The van der Waals surface area contributed by atoms with E-state index in [9.17, 15) is 4.79 Å². The van der Waals surface area contributed by atoms with Gasteiger partial charge in [0.25, 0.3) is 0 Å². The Kier molecular flexibility index (Phi) is 7.67. The van der Waals surface area contributed by atoms with Crippen molar-refractivity contribution in [2.45, 2.75) is 38.0 Å². The maximum Gasteiger partial charge on any atom is 0.224 e. The zero-order valence-corrected chi connectivity index (χ0v) is 19.0. The quantitative estimate of drug-likeness (QED) is 0.542. The van der Waals surface area contributed by atoms with Crippen molar-refractivity contribution >= 4 is 23.2 Å². The number of ether oxygens (including phenoxy) is 1. The summed E-state index contributed by atoms with van der Waals surface area (Å²) in [5.74, 6) is 1.42. The van der Waals surface area contributed by atoms with Crippen LogP contribution in [0, 0.1) is 0 Å². The van der Waals surface area contributed by atoms with Crippen molar-refractivity contribution < 1.29 is 26.4 Å². The maximum atomic E-state index is 11.6. The highest BCUT2D eigenvalue weighted by atomic mass is 35.5. The molecule has 1 amide bonds. The molecular weight excluding hydrogens is 419 g/mol. The standard InChI is InChI=1S/C24H29ClN2O2.ClH/c1-27(13-10-19(11-14-27)18-6-3-2-4-7-18)12-5-15-29-23-17-22-20(16-21(23)25)8-9-24(28)26-22;/h2-4,6-7,16-17,19H,5,8-15H2,1H3;1H. The van der Waals surface area contributed by atoms with Gasteiger partial charge in [-0.05, 0) is 29.5 Å². The number of anilines is 1. The lowest BCUT2D eigenvalue weighted by Crippen LogP contribution is -3.00. The summed E-state index contributed by atoms with van der Waals surface area (Å²) in [4.78, 5) is 11.6. The van der Waals surface area contributed by atoms with Crippen LogP contribution in [0.1, 0.15) is 42.7 Å². The van der Waals surface area contributed by atoms with Gasteiger partial charge in [-0.1, -0.05) is 41.9 Å². The molecule has 0 atom stereocenters. The van der Waals surface area contributed by atoms with Gasteiger partial charge in [-0.3, -0.25) is 4.79 Å². The van der Waals surface area contributed by atoms with E-state index in [2.05, 4.69) is 42.7 Å². The molecule has 2 aliphatic rings. The Morgan fingerprint density at radius 2 is 1.87 bits per heavy atom. The van der Waals surface area contributed by atoms with E-state index in [1.165, 1.54) is 31.5 Å². The summed E-state index contributed by atoms with van der Waals surface area (Å²) in [6.45, 7) is 4.18. The van der Waals surface area contributed by atoms with E-state index in [4.69, 9.17) is 16.3 Å². The van der Waals surface area contributed by atoms with Gasteiger partial charge in [0.05, 0.1) is 38.3 Å². The van der Waals surface area contributed by atoms with Crippen molar-refractivity contribution in [2.24, 2.45) is 0 Å². The second kappa shape index (κ2) is 10.0. The van der Waals surface area contributed by atoms with Gasteiger partial charge in [-0.2, -0.15) is 0 Å². The minimum Gasteiger partial charge on any atom is -1.00 e. The molecule has 0 spiro atoms. The number of nitrogens with one attached hydrogen (secondary N) is 1. The highest BCUT2D eigenvalue weighted by Gasteiger charge is 2.30. The first-order chi connectivity index (χ1) is 14.0. The minimum atomic E-state index is 0. The molecule has 162 valence electrons. The summed E-state index contributed by atoms with van der Waals surface area (Å²) >= 11 is 6.39. The Hall–Kier alpha value is -1.75. The molecule has 4 nitrogen and oxygen atoms in total. The number of piperidine rings is 1. The van der Waals surface area contributed by atoms with Gasteiger partial charge in [0.2, 0.25) is 5.91 Å². The van der Waals surface area contributed by atoms with Gasteiger partial charge in [-0.25, -0.2) is 0 Å². The monoisotopic (exact) mass is 448 g/mol. The predicted molar refractivity (Wildman–Crippen MR) is 118 cm³/mol. The van der Waals surface area contributed by atoms with Crippen molar-refractivity contribution in [2.75, 3.05) is 38.6 Å². The van der Waals surface area contributed by atoms with Gasteiger partial charge < -0.3 is 26.9 Å². The fraction of sp³-hybridized carbons (Fsp3) is 0.458. The van der Waals surface area contributed by atoms with Crippen LogP contribution in [0.25, 0.3) is 0 Å². The SMILES string of the molecule is C[N+]1(CCCOc2cc3c(cc2Cl)CCC(=O)N3)CCC(c2ccccc2)CC1.[Cl-]. The van der Waals surface area contributed by atoms with Crippen LogP contribution in [-0.2, 0) is 11.2 Å². The summed E-state index contributed by atoms with van der Waals surface area (Å²) in [5, 5.41) is 3.54. The Labute approximate surface area is 190 Å². The molecule has 0 aliphatic carbocycles. The lowest BCUT2D eigenvalue weighted by molar-refractivity contribution is -0.914. The molecule has 0 radical (unpaired) electrons. The number of benzene rings is 2. The number of quaternary nitrogens is 1. The van der Waals surface area contributed by atoms with Crippen LogP contribution in [0.3, 0.4) is 0 Å². The molecule has 2 aromatic carbocycles. The van der Waals surface area contributed by atoms with Gasteiger partial charge in [0, 0.05) is 37.4 Å². The average Bonchev–Trinajstić information content (AvgIpc) is 2.73. The topological polar surface area (TPSA) is 38.3 Å². The van der Waals surface area contributed by atoms with E-state index in [0.717, 1.165) is 35.1 Å². The summed E-state index contributed by atoms with van der Waals surface area (Å²) in [6.07, 6.45) is 4.74. The molecule has 0 saturated carbocycles. The van der Waals surface area contributed by atoms with Crippen molar-refractivity contribution in [3.63, 3.8) is 0 Å². The Morgan fingerprint density at radius 3 is 2.60 bits per heavy atom. The zero-order chi connectivity index (χ0) is 20.3. The largest absolute Gasteiger partial charge is 1.00 e. The predicted octanol–water partition coefficient (Wildman–Crippen LogP) is 2.02. The zero-order valence-electron chi connectivity index (χ0n) is 17.5. The molecule has 4 rings (SSSR count). The maximum absolute atomic E-state index is 11.6. The summed E-state index contributed by atoms with van der Waals surface area (Å²) in [6, 6.07) is 14.7. The smallest absolute Gasteiger partial charge is 0.224 e. The van der Waals surface area contributed by atoms with Crippen molar-refractivity contribution in [1.82, 2.24) is 0 Å². The second-order valence-electron chi connectivity index (χ2n) is 8.67. The molecule has 1 saturated heterocycles. The van der Waals surface area contributed by atoms with E-state index in [1.54, 1.807) is 0 Å². The van der Waals surface area contributed by atoms with Crippen molar-refractivity contribution in [1.29, 1.82) is 0 Å². The number of fused-ring (bicyclic) bond motifs is 1. The van der Waals surface area contributed by atoms with Crippen LogP contribution >= 0.6 is 11.6 Å². The Morgan fingerprint density at radius 1 is 1.13 bits per heavy atom. The second-order valence-corrected chi connectivity index (χ2v) is 9.07. The molecule has 1 fully saturated rings. The first-order valence-electron chi connectivity index (χ1n) is 10.7. The third-order valence-electron chi connectivity index (χ3n) is 6.46. The van der Waals surface area contributed by atoms with E-state index < -0.39 is 0 Å². The fourth-order valence-electron chi connectivity index (χ4n) is 4.59. The number of carbonyl (C=O) groups is 1. The average molecular weight is 449 g/mol. The number of hydrogen-bond acceptors (Lipinski definition) is 2. The number of likely N-dealkylation sites (tertiary alicyclic amines) is 1. The number of rotatable bonds is 6. The highest BCUT2D eigenvalue weighted by molar-refractivity contribution is 6.32. The van der Waals surface area contributed by atoms with Crippen LogP contribution < -0.4 is 22.5 Å². The third-order valence-corrected chi connectivity index (χ3v) is 6.75. The van der Waals surface area contributed by atoms with E-state index in [1.807, 2.05) is 12.1 Å². The third kappa shape index (κ3) is 5.48. The normalized spacial score (nSPS) is 23.1. The lowest BCUT2D eigenvalue weighted by Gasteiger charge is -2.40. The first kappa shape index (κ1) is 22.9. The number of carbonyl (C=O) groups excluding carboxylic acids is 1. The molecule has 2 aromatic rings. The van der Waals surface area contributed by atoms with Gasteiger partial charge >= 0.3 is 0 Å². The van der Waals surface area contributed by atoms with Crippen LogP contribution in [-0.4, -0.2) is 43.7 Å². The van der Waals surface area contributed by atoms with Gasteiger partial charge in [-0.15, -0.1) is 0 Å². The molecule has 1 N–H and O–H groups in total. The molecule has 2 heterocycles. The number of nitrogens with zero attached hydrogens (tertiary/aromatic N) is 1. The highest BCUT2D eigenvalue weighted by Crippen LogP contribution is 2.34. The lowest BCUT2D eigenvalue weighted by atomic mass is 9.88. The van der Waals surface area contributed by atoms with Crippen molar-refractivity contribution in [3.8, 4) is 5.75 Å². The van der Waals surface area contributed by atoms with Crippen LogP contribution in [0.15, 0.2) is 42.5 Å². The number of aryl methyl sites for hydroxylation is 1. The fourth-order valence-corrected chi connectivity index (χ4v) is 4.83.